The molecule has 27 heavy (non-hydrogen) atoms. The molecular weight excluding hydrogens is 390 g/mol. The molecule has 146 valence electrons. The van der Waals surface area contributed by atoms with Gasteiger partial charge in [0.15, 0.2) is 0 Å². The number of hydrazone groups is 1. The van der Waals surface area contributed by atoms with E-state index in [4.69, 9.17) is 4.42 Å². The molecule has 1 aromatic carbocycles. The van der Waals surface area contributed by atoms with E-state index in [0.717, 1.165) is 4.41 Å². The van der Waals surface area contributed by atoms with E-state index < -0.39 is 26.1 Å². The minimum Gasteiger partial charge on any atom is -0.467 e. The predicted molar refractivity (Wildman–Crippen MR) is 103 cm³/mol. The van der Waals surface area contributed by atoms with Gasteiger partial charge in [-0.2, -0.15) is 9.52 Å². The second kappa shape index (κ2) is 7.35. The molecule has 10 heteroatoms. The van der Waals surface area contributed by atoms with Crippen molar-refractivity contribution in [2.24, 2.45) is 5.10 Å². The molecule has 0 fully saturated rings. The molecule has 1 aliphatic rings. The Balaban J connectivity index is 1.96. The second-order valence-corrected chi connectivity index (χ2v) is 10.2. The van der Waals surface area contributed by atoms with Crippen LogP contribution in [0.25, 0.3) is 0 Å². The maximum absolute atomic E-state index is 12.5. The zero-order valence-corrected chi connectivity index (χ0v) is 16.6. The molecule has 8 nitrogen and oxygen atoms in total. The molecule has 1 N–H and O–H groups in total. The van der Waals surface area contributed by atoms with Gasteiger partial charge in [-0.3, -0.25) is 4.72 Å². The monoisotopic (exact) mass is 411 g/mol. The maximum Gasteiger partial charge on any atom is 0.250 e. The van der Waals surface area contributed by atoms with Crippen LogP contribution >= 0.6 is 0 Å². The van der Waals surface area contributed by atoms with Gasteiger partial charge in [-0.1, -0.05) is 12.1 Å². The number of hydrogen-bond acceptors (Lipinski definition) is 6. The summed E-state index contributed by atoms with van der Waals surface area (Å²) < 4.78 is 57.5. The van der Waals surface area contributed by atoms with Gasteiger partial charge in [0.05, 0.1) is 23.5 Å². The number of benzene rings is 1. The third kappa shape index (κ3) is 4.16. The largest absolute Gasteiger partial charge is 0.467 e. The minimum atomic E-state index is -3.58. The van der Waals surface area contributed by atoms with Crippen molar-refractivity contribution in [3.8, 4) is 0 Å². The first kappa shape index (κ1) is 19.4. The number of sulfonamides is 2. The van der Waals surface area contributed by atoms with E-state index in [9.17, 15) is 16.8 Å². The Morgan fingerprint density at radius 1 is 1.15 bits per heavy atom. The summed E-state index contributed by atoms with van der Waals surface area (Å²) in [6, 6.07) is 9.60. The van der Waals surface area contributed by atoms with Gasteiger partial charge in [-0.05, 0) is 43.7 Å². The van der Waals surface area contributed by atoms with Gasteiger partial charge >= 0.3 is 0 Å². The molecule has 0 saturated heterocycles. The standard InChI is InChI=1S/C17H21N3O5S2/c1-3-26(21,22)19-14-8-5-7-13(11-14)15-12-16(17-9-6-10-25-17)20(18-15)27(23,24)4-2/h5-11,16,19H,3-4,12H2,1-2H3. The summed E-state index contributed by atoms with van der Waals surface area (Å²) in [7, 11) is -6.99. The van der Waals surface area contributed by atoms with Gasteiger partial charge in [0.2, 0.25) is 20.0 Å². The molecule has 0 aliphatic carbocycles. The zero-order chi connectivity index (χ0) is 19.7. The van der Waals surface area contributed by atoms with E-state index >= 15 is 0 Å². The molecule has 0 radical (unpaired) electrons. The summed E-state index contributed by atoms with van der Waals surface area (Å²) in [5.41, 5.74) is 1.60. The molecule has 0 saturated carbocycles. The lowest BCUT2D eigenvalue weighted by Gasteiger charge is -2.20. The highest BCUT2D eigenvalue weighted by molar-refractivity contribution is 7.92. The number of anilines is 1. The zero-order valence-electron chi connectivity index (χ0n) is 15.0. The topological polar surface area (TPSA) is 109 Å². The normalized spacial score (nSPS) is 17.8. The number of furan rings is 1. The van der Waals surface area contributed by atoms with Crippen LogP contribution in [-0.2, 0) is 20.0 Å². The average molecular weight is 412 g/mol. The van der Waals surface area contributed by atoms with Gasteiger partial charge in [0, 0.05) is 12.1 Å². The third-order valence-electron chi connectivity index (χ3n) is 4.24. The van der Waals surface area contributed by atoms with Crippen LogP contribution in [-0.4, -0.2) is 38.5 Å². The fraction of sp³-hybridized carbons (Fsp3) is 0.353. The number of nitrogens with zero attached hydrogens (tertiary/aromatic N) is 2. The Bertz CT molecular complexity index is 1040. The third-order valence-corrected chi connectivity index (χ3v) is 7.19. The predicted octanol–water partition coefficient (Wildman–Crippen LogP) is 2.54. The van der Waals surface area contributed by atoms with Crippen LogP contribution in [0.2, 0.25) is 0 Å². The molecule has 0 amide bonds. The van der Waals surface area contributed by atoms with Crippen molar-refractivity contribution in [2.45, 2.75) is 26.3 Å². The van der Waals surface area contributed by atoms with Gasteiger partial charge in [-0.25, -0.2) is 16.8 Å². The van der Waals surface area contributed by atoms with E-state index in [1.54, 1.807) is 50.2 Å². The smallest absolute Gasteiger partial charge is 0.250 e. The molecule has 3 rings (SSSR count). The highest BCUT2D eigenvalue weighted by atomic mass is 32.2. The molecule has 1 aliphatic heterocycles. The first-order chi connectivity index (χ1) is 12.8. The molecular formula is C17H21N3O5S2. The van der Waals surface area contributed by atoms with Crippen molar-refractivity contribution in [2.75, 3.05) is 16.2 Å². The van der Waals surface area contributed by atoms with Crippen molar-refractivity contribution < 1.29 is 21.3 Å². The average Bonchev–Trinajstić information content (AvgIpc) is 3.31. The fourth-order valence-electron chi connectivity index (χ4n) is 2.76. The molecule has 0 bridgehead atoms. The summed E-state index contributed by atoms with van der Waals surface area (Å²) in [4.78, 5) is 0. The SMILES string of the molecule is CCS(=O)(=O)Nc1cccc(C2=NN(S(=O)(=O)CC)C(c3ccco3)C2)c1. The van der Waals surface area contributed by atoms with E-state index in [2.05, 4.69) is 9.82 Å². The Morgan fingerprint density at radius 3 is 2.56 bits per heavy atom. The van der Waals surface area contributed by atoms with Crippen molar-refractivity contribution in [1.82, 2.24) is 4.41 Å². The van der Waals surface area contributed by atoms with Crippen LogP contribution in [0, 0.1) is 0 Å². The van der Waals surface area contributed by atoms with Gasteiger partial charge in [0.25, 0.3) is 0 Å². The van der Waals surface area contributed by atoms with Gasteiger partial charge < -0.3 is 4.42 Å². The molecule has 1 unspecified atom stereocenters. The summed E-state index contributed by atoms with van der Waals surface area (Å²) >= 11 is 0. The molecule has 1 atom stereocenters. The first-order valence-electron chi connectivity index (χ1n) is 8.49. The van der Waals surface area contributed by atoms with Crippen LogP contribution in [0.3, 0.4) is 0 Å². The number of rotatable bonds is 7. The highest BCUT2D eigenvalue weighted by Crippen LogP contribution is 2.35. The van der Waals surface area contributed by atoms with E-state index in [0.29, 0.717) is 29.1 Å². The lowest BCUT2D eigenvalue weighted by molar-refractivity contribution is 0.320. The lowest BCUT2D eigenvalue weighted by Crippen LogP contribution is -2.28. The number of hydrogen-bond donors (Lipinski definition) is 1. The summed E-state index contributed by atoms with van der Waals surface area (Å²) in [6.07, 6.45) is 1.82. The Kier molecular flexibility index (Phi) is 5.29. The second-order valence-electron chi connectivity index (χ2n) is 6.04. The molecule has 1 aromatic heterocycles. The van der Waals surface area contributed by atoms with Crippen molar-refractivity contribution >= 4 is 31.4 Å². The van der Waals surface area contributed by atoms with E-state index in [1.165, 1.54) is 6.26 Å². The highest BCUT2D eigenvalue weighted by Gasteiger charge is 2.37. The minimum absolute atomic E-state index is 0.0404. The van der Waals surface area contributed by atoms with Crippen LogP contribution in [0.4, 0.5) is 5.69 Å². The Hall–Kier alpha value is -2.33. The van der Waals surface area contributed by atoms with Crippen molar-refractivity contribution in [1.29, 1.82) is 0 Å². The Labute approximate surface area is 159 Å². The quantitative estimate of drug-likeness (QED) is 0.753. The Morgan fingerprint density at radius 2 is 1.93 bits per heavy atom. The van der Waals surface area contributed by atoms with E-state index in [1.807, 2.05) is 0 Å². The maximum atomic E-state index is 12.5. The lowest BCUT2D eigenvalue weighted by atomic mass is 10.0. The molecule has 0 spiro atoms. The molecule has 2 aromatic rings. The van der Waals surface area contributed by atoms with Crippen LogP contribution in [0.5, 0.6) is 0 Å². The van der Waals surface area contributed by atoms with Crippen LogP contribution < -0.4 is 4.72 Å². The van der Waals surface area contributed by atoms with Gasteiger partial charge in [0.1, 0.15) is 11.8 Å². The molecule has 2 heterocycles. The van der Waals surface area contributed by atoms with Crippen molar-refractivity contribution in [3.63, 3.8) is 0 Å². The van der Waals surface area contributed by atoms with E-state index in [-0.39, 0.29) is 11.5 Å². The summed E-state index contributed by atoms with van der Waals surface area (Å²) in [5, 5.41) is 4.32. The summed E-state index contributed by atoms with van der Waals surface area (Å²) in [6.45, 7) is 3.11. The first-order valence-corrected chi connectivity index (χ1v) is 11.8. The van der Waals surface area contributed by atoms with Crippen LogP contribution in [0.1, 0.15) is 37.6 Å². The summed E-state index contributed by atoms with van der Waals surface area (Å²) in [5.74, 6) is 0.382. The van der Waals surface area contributed by atoms with Crippen molar-refractivity contribution in [3.05, 3.63) is 54.0 Å². The fourth-order valence-corrected chi connectivity index (χ4v) is 4.44. The van der Waals surface area contributed by atoms with Crippen LogP contribution in [0.15, 0.2) is 52.2 Å². The van der Waals surface area contributed by atoms with Gasteiger partial charge in [-0.15, -0.1) is 0 Å². The number of nitrogens with one attached hydrogen (secondary N) is 1.